The summed E-state index contributed by atoms with van der Waals surface area (Å²) in [5.41, 5.74) is 2.63. The molecule has 0 bridgehead atoms. The Morgan fingerprint density at radius 1 is 1.10 bits per heavy atom. The number of hydrogen-bond acceptors (Lipinski definition) is 5. The first-order valence-electron chi connectivity index (χ1n) is 9.36. The van der Waals surface area contributed by atoms with Gasteiger partial charge in [-0.25, -0.2) is 10.1 Å². The maximum Gasteiger partial charge on any atom is 0.348 e. The molecule has 0 radical (unpaired) electrons. The van der Waals surface area contributed by atoms with E-state index in [2.05, 4.69) is 12.6 Å². The van der Waals surface area contributed by atoms with Gasteiger partial charge in [0, 0.05) is 17.5 Å². The molecule has 1 amide bonds. The van der Waals surface area contributed by atoms with Crippen molar-refractivity contribution < 1.29 is 14.7 Å². The van der Waals surface area contributed by atoms with Crippen LogP contribution in [0.15, 0.2) is 54.6 Å². The van der Waals surface area contributed by atoms with Crippen molar-refractivity contribution in [3.05, 3.63) is 76.2 Å². The molecule has 1 aromatic heterocycles. The minimum Gasteiger partial charge on any atom is -0.477 e. The molecule has 0 atom stereocenters. The molecule has 6 nitrogen and oxygen atoms in total. The van der Waals surface area contributed by atoms with E-state index in [4.69, 9.17) is 5.26 Å². The summed E-state index contributed by atoms with van der Waals surface area (Å²) in [7, 11) is 0. The van der Waals surface area contributed by atoms with Gasteiger partial charge in [0.1, 0.15) is 4.88 Å². The summed E-state index contributed by atoms with van der Waals surface area (Å²) in [6.45, 7) is 9.00. The second-order valence-corrected chi connectivity index (χ2v) is 7.98. The molecule has 3 rings (SSSR count). The minimum absolute atomic E-state index is 0.0940. The van der Waals surface area contributed by atoms with Gasteiger partial charge < -0.3 is 10.0 Å². The molecular weight excluding hydrogens is 410 g/mol. The first kappa shape index (κ1) is 23.3. The number of aryl methyl sites for hydroxylation is 1. The van der Waals surface area contributed by atoms with Crippen molar-refractivity contribution in [1.29, 1.82) is 10.5 Å². The van der Waals surface area contributed by atoms with Crippen molar-refractivity contribution in [3.63, 3.8) is 0 Å². The van der Waals surface area contributed by atoms with Crippen LogP contribution >= 0.6 is 11.3 Å². The number of thiophene rings is 1. The molecule has 0 spiro atoms. The lowest BCUT2D eigenvalue weighted by Crippen LogP contribution is -2.38. The van der Waals surface area contributed by atoms with Crippen molar-refractivity contribution in [2.24, 2.45) is 0 Å². The van der Waals surface area contributed by atoms with Gasteiger partial charge in [0.05, 0.1) is 22.9 Å². The average molecular weight is 432 g/mol. The highest BCUT2D eigenvalue weighted by Crippen LogP contribution is 2.38. The highest BCUT2D eigenvalue weighted by Gasteiger charge is 2.29. The molecule has 1 heterocycles. The number of anilines is 1. The molecule has 0 unspecified atom stereocenters. The monoisotopic (exact) mass is 431 g/mol. The van der Waals surface area contributed by atoms with Crippen molar-refractivity contribution in [2.75, 3.05) is 4.90 Å². The van der Waals surface area contributed by atoms with Gasteiger partial charge in [-0.05, 0) is 50.1 Å². The topological polar surface area (TPSA) is 105 Å². The summed E-state index contributed by atoms with van der Waals surface area (Å²) in [4.78, 5) is 27.6. The molecule has 0 saturated carbocycles. The molecule has 0 saturated heterocycles. The Morgan fingerprint density at radius 3 is 2.29 bits per heavy atom. The van der Waals surface area contributed by atoms with Gasteiger partial charge in [0.15, 0.2) is 0 Å². The fraction of sp³-hybridized carbons (Fsp3) is 0.167. The first-order valence-corrected chi connectivity index (χ1v) is 10.2. The van der Waals surface area contributed by atoms with Crippen LogP contribution in [0.4, 0.5) is 5.69 Å². The van der Waals surface area contributed by atoms with Gasteiger partial charge in [-0.1, -0.05) is 36.4 Å². The van der Waals surface area contributed by atoms with E-state index in [9.17, 15) is 20.0 Å². The van der Waals surface area contributed by atoms with E-state index in [1.165, 1.54) is 4.90 Å². The highest BCUT2D eigenvalue weighted by molar-refractivity contribution is 7.18. The van der Waals surface area contributed by atoms with Gasteiger partial charge in [-0.2, -0.15) is 5.26 Å². The molecule has 3 aromatic rings. The van der Waals surface area contributed by atoms with E-state index in [1.807, 2.05) is 51.1 Å². The smallest absolute Gasteiger partial charge is 0.348 e. The average Bonchev–Trinajstić information content (AvgIpc) is 3.20. The van der Waals surface area contributed by atoms with Crippen LogP contribution < -0.4 is 4.90 Å². The highest BCUT2D eigenvalue weighted by atomic mass is 32.1. The standard InChI is InChI=1S/C23H20N2O3S.CHN/c1-14(2)25(22(26)18-10-9-15(3)11-17(18)13-24)19-12-20(29-21(19)23(27)28)16-7-5-4-6-8-16;1-2/h4-12,14H,1-3H3,(H,27,28);1H. The SMILES string of the molecule is C#N.Cc1ccc(C(=O)N(c2cc(-c3ccccc3)sc2C(=O)O)C(C)C)c(C#N)c1. The quantitative estimate of drug-likeness (QED) is 0.575. The van der Waals surface area contributed by atoms with Crippen LogP contribution in [0.2, 0.25) is 0 Å². The van der Waals surface area contributed by atoms with E-state index in [1.54, 1.807) is 24.3 Å². The molecule has 0 fully saturated rings. The summed E-state index contributed by atoms with van der Waals surface area (Å²) >= 11 is 1.13. The number of amides is 1. The Kier molecular flexibility index (Phi) is 7.68. The Bertz CT molecular complexity index is 1160. The second-order valence-electron chi connectivity index (χ2n) is 6.93. The molecule has 31 heavy (non-hydrogen) atoms. The van der Waals surface area contributed by atoms with Crippen LogP contribution in [-0.4, -0.2) is 23.0 Å². The summed E-state index contributed by atoms with van der Waals surface area (Å²) in [5, 5.41) is 25.7. The zero-order valence-electron chi connectivity index (χ0n) is 17.4. The Labute approximate surface area is 185 Å². The molecular formula is C24H21N3O3S. The fourth-order valence-electron chi connectivity index (χ4n) is 3.15. The van der Waals surface area contributed by atoms with Crippen molar-refractivity contribution in [1.82, 2.24) is 0 Å². The molecule has 7 heteroatoms. The van der Waals surface area contributed by atoms with Crippen molar-refractivity contribution >= 4 is 28.9 Å². The fourth-order valence-corrected chi connectivity index (χ4v) is 4.14. The Balaban J connectivity index is 0.00000166. The Hall–Kier alpha value is -3.94. The van der Waals surface area contributed by atoms with Gasteiger partial charge in [0.2, 0.25) is 0 Å². The van der Waals surface area contributed by atoms with Gasteiger partial charge in [0.25, 0.3) is 5.91 Å². The normalized spacial score (nSPS) is 9.97. The summed E-state index contributed by atoms with van der Waals surface area (Å²) in [5.74, 6) is -1.48. The number of carbonyl (C=O) groups is 2. The number of carboxylic acids is 1. The Morgan fingerprint density at radius 2 is 1.74 bits per heavy atom. The lowest BCUT2D eigenvalue weighted by molar-refractivity contribution is 0.0703. The summed E-state index contributed by atoms with van der Waals surface area (Å²) in [6, 6.07) is 18.0. The zero-order chi connectivity index (χ0) is 23.1. The van der Waals surface area contributed by atoms with E-state index >= 15 is 0 Å². The number of nitriles is 2. The zero-order valence-corrected chi connectivity index (χ0v) is 18.2. The lowest BCUT2D eigenvalue weighted by atomic mass is 10.0. The van der Waals surface area contributed by atoms with Gasteiger partial charge >= 0.3 is 5.97 Å². The predicted molar refractivity (Wildman–Crippen MR) is 121 cm³/mol. The number of nitrogens with zero attached hydrogens (tertiary/aromatic N) is 3. The maximum absolute atomic E-state index is 13.4. The molecule has 0 aliphatic carbocycles. The van der Waals surface area contributed by atoms with E-state index < -0.39 is 11.9 Å². The number of rotatable bonds is 5. The molecule has 1 N–H and O–H groups in total. The van der Waals surface area contributed by atoms with Gasteiger partial charge in [-0.3, -0.25) is 4.79 Å². The third-order valence-corrected chi connectivity index (χ3v) is 5.65. The van der Waals surface area contributed by atoms with Gasteiger partial charge in [-0.15, -0.1) is 11.3 Å². The third-order valence-electron chi connectivity index (χ3n) is 4.49. The number of carboxylic acid groups (broad SMARTS) is 1. The van der Waals surface area contributed by atoms with Crippen LogP contribution in [-0.2, 0) is 0 Å². The van der Waals surface area contributed by atoms with Crippen LogP contribution in [0, 0.1) is 30.1 Å². The number of hydrogen-bond donors (Lipinski definition) is 1. The molecule has 0 aliphatic rings. The minimum atomic E-state index is -1.09. The summed E-state index contributed by atoms with van der Waals surface area (Å²) < 4.78 is 0. The van der Waals surface area contributed by atoms with Crippen LogP contribution in [0.1, 0.15) is 45.0 Å². The molecule has 0 aliphatic heterocycles. The lowest BCUT2D eigenvalue weighted by Gasteiger charge is -2.27. The largest absolute Gasteiger partial charge is 0.477 e. The van der Waals surface area contributed by atoms with Crippen LogP contribution in [0.25, 0.3) is 10.4 Å². The van der Waals surface area contributed by atoms with Crippen LogP contribution in [0.3, 0.4) is 0 Å². The number of carbonyl (C=O) groups excluding carboxylic acids is 1. The maximum atomic E-state index is 13.4. The second kappa shape index (κ2) is 10.2. The summed E-state index contributed by atoms with van der Waals surface area (Å²) in [6.07, 6.45) is 0. The van der Waals surface area contributed by atoms with E-state index in [0.717, 1.165) is 27.3 Å². The van der Waals surface area contributed by atoms with E-state index in [0.29, 0.717) is 5.69 Å². The van der Waals surface area contributed by atoms with Crippen molar-refractivity contribution in [3.8, 4) is 23.1 Å². The molecule has 2 aromatic carbocycles. The van der Waals surface area contributed by atoms with Crippen molar-refractivity contribution in [2.45, 2.75) is 26.8 Å². The number of benzene rings is 2. The number of aromatic carboxylic acids is 1. The predicted octanol–water partition coefficient (Wildman–Crippen LogP) is 5.49. The van der Waals surface area contributed by atoms with E-state index in [-0.39, 0.29) is 22.0 Å². The molecule has 156 valence electrons. The van der Waals surface area contributed by atoms with Crippen LogP contribution in [0.5, 0.6) is 0 Å². The first-order chi connectivity index (χ1) is 14.8. The third kappa shape index (κ3) is 4.98.